The Hall–Kier alpha value is -1.80. The highest BCUT2D eigenvalue weighted by molar-refractivity contribution is 9.10. The number of fused-ring (bicyclic) bond motifs is 1. The number of hydrogen-bond acceptors (Lipinski definition) is 2. The second-order valence-electron chi connectivity index (χ2n) is 4.69. The average Bonchev–Trinajstić information content (AvgIpc) is 2.58. The predicted octanol–water partition coefficient (Wildman–Crippen LogP) is 6.38. The van der Waals surface area contributed by atoms with Crippen LogP contribution in [-0.4, -0.2) is 0 Å². The van der Waals surface area contributed by atoms with Gasteiger partial charge in [-0.2, -0.15) is 8.78 Å². The molecule has 0 heterocycles. The van der Waals surface area contributed by atoms with E-state index in [4.69, 9.17) is 4.18 Å². The van der Waals surface area contributed by atoms with E-state index in [1.807, 2.05) is 12.1 Å². The van der Waals surface area contributed by atoms with Crippen molar-refractivity contribution in [1.29, 1.82) is 0 Å². The topological polar surface area (TPSA) is 9.23 Å². The first-order chi connectivity index (χ1) is 11.4. The van der Waals surface area contributed by atoms with E-state index < -0.39 is 34.8 Å². The molecule has 0 aliphatic rings. The molecule has 0 unspecified atom stereocenters. The second-order valence-corrected chi connectivity index (χ2v) is 6.35. The molecule has 0 amide bonds. The molecule has 3 rings (SSSR count). The van der Waals surface area contributed by atoms with E-state index in [1.54, 1.807) is 24.3 Å². The summed E-state index contributed by atoms with van der Waals surface area (Å²) in [6.45, 7) is 0. The van der Waals surface area contributed by atoms with Crippen LogP contribution in [0.1, 0.15) is 0 Å². The van der Waals surface area contributed by atoms with Crippen LogP contribution in [0.25, 0.3) is 10.8 Å². The largest absolute Gasteiger partial charge is 0.414 e. The van der Waals surface area contributed by atoms with Gasteiger partial charge >= 0.3 is 0 Å². The maximum atomic E-state index is 13.5. The van der Waals surface area contributed by atoms with Gasteiger partial charge in [0.15, 0.2) is 0 Å². The minimum absolute atomic E-state index is 0.435. The van der Waals surface area contributed by atoms with Crippen LogP contribution in [0.5, 0.6) is 5.75 Å². The Bertz CT molecular complexity index is 918. The Morgan fingerprint density at radius 2 is 1.42 bits per heavy atom. The normalized spacial score (nSPS) is 11.1. The molecule has 0 bridgehead atoms. The summed E-state index contributed by atoms with van der Waals surface area (Å²) in [6.07, 6.45) is 0. The van der Waals surface area contributed by atoms with Crippen LogP contribution in [0, 0.1) is 29.1 Å². The maximum absolute atomic E-state index is 13.5. The standard InChI is InChI=1S/C16H6BrF5OS/c17-10-3-1-2-7-6-8(4-5-9(7)10)24-23-16-14(21)12(19)11(18)13(20)15(16)22/h1-6H. The molecule has 3 aromatic carbocycles. The van der Waals surface area contributed by atoms with Crippen molar-refractivity contribution in [3.8, 4) is 5.75 Å². The summed E-state index contributed by atoms with van der Waals surface area (Å²) in [7, 11) is 0. The first-order valence-corrected chi connectivity index (χ1v) is 7.98. The van der Waals surface area contributed by atoms with Gasteiger partial charge in [0.25, 0.3) is 0 Å². The van der Waals surface area contributed by atoms with Crippen molar-refractivity contribution < 1.29 is 26.1 Å². The van der Waals surface area contributed by atoms with Crippen LogP contribution in [0.3, 0.4) is 0 Å². The number of halogens is 6. The van der Waals surface area contributed by atoms with Crippen molar-refractivity contribution in [2.45, 2.75) is 4.90 Å². The molecule has 0 spiro atoms. The van der Waals surface area contributed by atoms with E-state index in [1.165, 1.54) is 0 Å². The Balaban J connectivity index is 1.92. The van der Waals surface area contributed by atoms with Crippen LogP contribution < -0.4 is 4.18 Å². The summed E-state index contributed by atoms with van der Waals surface area (Å²) in [5.74, 6) is -11.7. The quantitative estimate of drug-likeness (QED) is 0.210. The van der Waals surface area contributed by atoms with Gasteiger partial charge in [-0.15, -0.1) is 0 Å². The van der Waals surface area contributed by atoms with E-state index in [0.717, 1.165) is 15.2 Å². The van der Waals surface area contributed by atoms with Crippen molar-refractivity contribution in [3.63, 3.8) is 0 Å². The van der Waals surface area contributed by atoms with E-state index in [9.17, 15) is 22.0 Å². The van der Waals surface area contributed by atoms with Crippen molar-refractivity contribution in [3.05, 3.63) is 70.0 Å². The number of benzene rings is 3. The van der Waals surface area contributed by atoms with Gasteiger partial charge in [-0.3, -0.25) is 0 Å². The van der Waals surface area contributed by atoms with E-state index in [2.05, 4.69) is 15.9 Å². The molecule has 0 radical (unpaired) electrons. The van der Waals surface area contributed by atoms with Crippen molar-refractivity contribution in [2.75, 3.05) is 0 Å². The van der Waals surface area contributed by atoms with Crippen LogP contribution in [0.4, 0.5) is 22.0 Å². The lowest BCUT2D eigenvalue weighted by Crippen LogP contribution is -2.03. The zero-order chi connectivity index (χ0) is 17.4. The van der Waals surface area contributed by atoms with Crippen molar-refractivity contribution in [1.82, 2.24) is 0 Å². The third kappa shape index (κ3) is 2.95. The highest BCUT2D eigenvalue weighted by Gasteiger charge is 2.27. The molecule has 0 aliphatic heterocycles. The number of hydrogen-bond donors (Lipinski definition) is 0. The number of rotatable bonds is 3. The predicted molar refractivity (Wildman–Crippen MR) is 84.4 cm³/mol. The van der Waals surface area contributed by atoms with E-state index in [0.29, 0.717) is 16.9 Å². The SMILES string of the molecule is Fc1c(F)c(F)c(OSc2ccc3c(Br)cccc3c2)c(F)c1F. The molecule has 0 atom stereocenters. The minimum atomic E-state index is -2.22. The highest BCUT2D eigenvalue weighted by atomic mass is 79.9. The van der Waals surface area contributed by atoms with E-state index in [-0.39, 0.29) is 0 Å². The van der Waals surface area contributed by atoms with Crippen molar-refractivity contribution in [2.24, 2.45) is 0 Å². The zero-order valence-electron chi connectivity index (χ0n) is 11.5. The van der Waals surface area contributed by atoms with E-state index >= 15 is 0 Å². The fraction of sp³-hybridized carbons (Fsp3) is 0. The molecule has 0 aliphatic carbocycles. The molecule has 0 fully saturated rings. The van der Waals surface area contributed by atoms with Gasteiger partial charge in [-0.1, -0.05) is 34.1 Å². The van der Waals surface area contributed by atoms with Crippen LogP contribution in [0.2, 0.25) is 0 Å². The van der Waals surface area contributed by atoms with Crippen LogP contribution in [-0.2, 0) is 0 Å². The van der Waals surface area contributed by atoms with Crippen LogP contribution >= 0.6 is 28.0 Å². The smallest absolute Gasteiger partial charge is 0.215 e. The first kappa shape index (κ1) is 17.0. The highest BCUT2D eigenvalue weighted by Crippen LogP contribution is 2.34. The third-order valence-electron chi connectivity index (χ3n) is 3.19. The average molecular weight is 421 g/mol. The molecule has 0 aromatic heterocycles. The second kappa shape index (κ2) is 6.60. The molecule has 0 N–H and O–H groups in total. The molecular formula is C16H6BrF5OS. The van der Waals surface area contributed by atoms with Crippen LogP contribution in [0.15, 0.2) is 45.8 Å². The summed E-state index contributed by atoms with van der Waals surface area (Å²) in [4.78, 5) is 0.435. The zero-order valence-corrected chi connectivity index (χ0v) is 14.0. The molecule has 8 heteroatoms. The summed E-state index contributed by atoms with van der Waals surface area (Å²) in [5, 5.41) is 1.72. The summed E-state index contributed by atoms with van der Waals surface area (Å²) >= 11 is 3.88. The third-order valence-corrected chi connectivity index (χ3v) is 4.58. The van der Waals surface area contributed by atoms with Gasteiger partial charge in [-0.05, 0) is 29.0 Å². The molecule has 1 nitrogen and oxygen atoms in total. The maximum Gasteiger partial charge on any atom is 0.215 e. The molecule has 3 aromatic rings. The molecule has 124 valence electrons. The lowest BCUT2D eigenvalue weighted by atomic mass is 10.1. The Morgan fingerprint density at radius 3 is 2.08 bits per heavy atom. The molecular weight excluding hydrogens is 415 g/mol. The molecule has 0 saturated carbocycles. The lowest BCUT2D eigenvalue weighted by Gasteiger charge is -2.09. The van der Waals surface area contributed by atoms with Crippen molar-refractivity contribution >= 4 is 38.7 Å². The lowest BCUT2D eigenvalue weighted by molar-refractivity contribution is 0.355. The molecule has 24 heavy (non-hydrogen) atoms. The summed E-state index contributed by atoms with van der Waals surface area (Å²) in [6, 6.07) is 10.5. The molecule has 0 saturated heterocycles. The fourth-order valence-corrected chi connectivity index (χ4v) is 3.16. The minimum Gasteiger partial charge on any atom is -0.414 e. The van der Waals surface area contributed by atoms with Gasteiger partial charge in [0.1, 0.15) is 0 Å². The Kier molecular flexibility index (Phi) is 4.69. The van der Waals surface area contributed by atoms with Gasteiger partial charge in [0.05, 0.1) is 12.0 Å². The summed E-state index contributed by atoms with van der Waals surface area (Å²) < 4.78 is 71.9. The Morgan fingerprint density at radius 1 is 0.792 bits per heavy atom. The van der Waals surface area contributed by atoms with Gasteiger partial charge in [-0.25, -0.2) is 13.2 Å². The van der Waals surface area contributed by atoms with Gasteiger partial charge in [0, 0.05) is 9.37 Å². The van der Waals surface area contributed by atoms with Gasteiger partial charge < -0.3 is 4.18 Å². The fourth-order valence-electron chi connectivity index (χ4n) is 2.02. The summed E-state index contributed by atoms with van der Waals surface area (Å²) in [5.41, 5.74) is 0. The first-order valence-electron chi connectivity index (χ1n) is 6.44. The van der Waals surface area contributed by atoms with Gasteiger partial charge in [0.2, 0.25) is 34.8 Å². The Labute approximate surface area is 145 Å². The monoisotopic (exact) mass is 420 g/mol.